The molecule has 0 radical (unpaired) electrons. The molecule has 3 aromatic rings. The standard InChI is InChI=1S/C24H22FN3/c1-17-14-22-15-21(8-12-27(22)16-17)28-13-9-23(18-6-10-26-11-7-18)24(28)19-2-4-20(25)5-3-19/h2-7,9-11,13-15,22H,8,12,16H2,1H3. The molecular formula is C24H22FN3. The van der Waals surface area contributed by atoms with E-state index in [0.29, 0.717) is 6.04 Å². The van der Waals surface area contributed by atoms with Crippen molar-refractivity contribution < 1.29 is 4.39 Å². The van der Waals surface area contributed by atoms with Gasteiger partial charge in [-0.1, -0.05) is 11.6 Å². The van der Waals surface area contributed by atoms with Gasteiger partial charge in [-0.15, -0.1) is 0 Å². The molecule has 2 aliphatic rings. The number of nitrogens with zero attached hydrogens (tertiary/aromatic N) is 3. The van der Waals surface area contributed by atoms with E-state index in [-0.39, 0.29) is 5.82 Å². The Balaban J connectivity index is 1.65. The van der Waals surface area contributed by atoms with Crippen LogP contribution in [0.25, 0.3) is 28.1 Å². The second kappa shape index (κ2) is 6.88. The number of hydrogen-bond donors (Lipinski definition) is 0. The van der Waals surface area contributed by atoms with Crippen LogP contribution in [0.3, 0.4) is 0 Å². The number of rotatable bonds is 3. The van der Waals surface area contributed by atoms with E-state index >= 15 is 0 Å². The minimum atomic E-state index is -0.216. The molecule has 2 aromatic heterocycles. The molecule has 0 spiro atoms. The molecule has 0 amide bonds. The summed E-state index contributed by atoms with van der Waals surface area (Å²) in [5.74, 6) is -0.216. The van der Waals surface area contributed by atoms with Crippen LogP contribution in [0, 0.1) is 5.82 Å². The zero-order valence-corrected chi connectivity index (χ0v) is 15.8. The first-order valence-corrected chi connectivity index (χ1v) is 9.69. The molecule has 4 heteroatoms. The second-order valence-corrected chi connectivity index (χ2v) is 7.57. The highest BCUT2D eigenvalue weighted by Gasteiger charge is 2.27. The Morgan fingerprint density at radius 1 is 0.964 bits per heavy atom. The number of fused-ring (bicyclic) bond motifs is 1. The molecule has 0 fully saturated rings. The van der Waals surface area contributed by atoms with E-state index in [1.165, 1.54) is 23.4 Å². The van der Waals surface area contributed by atoms with Gasteiger partial charge < -0.3 is 4.57 Å². The molecule has 3 nitrogen and oxygen atoms in total. The summed E-state index contributed by atoms with van der Waals surface area (Å²) in [6.07, 6.45) is 11.5. The lowest BCUT2D eigenvalue weighted by atomic mass is 10.0. The molecule has 0 saturated heterocycles. The highest BCUT2D eigenvalue weighted by molar-refractivity contribution is 5.84. The van der Waals surface area contributed by atoms with Crippen molar-refractivity contribution in [3.05, 3.63) is 84.6 Å². The third-order valence-electron chi connectivity index (χ3n) is 5.65. The smallest absolute Gasteiger partial charge is 0.123 e. The third-order valence-corrected chi connectivity index (χ3v) is 5.65. The summed E-state index contributed by atoms with van der Waals surface area (Å²) >= 11 is 0. The summed E-state index contributed by atoms with van der Waals surface area (Å²) in [6, 6.07) is 13.3. The van der Waals surface area contributed by atoms with Gasteiger partial charge in [0.05, 0.1) is 5.69 Å². The van der Waals surface area contributed by atoms with Gasteiger partial charge in [-0.25, -0.2) is 4.39 Å². The molecule has 0 aliphatic carbocycles. The molecule has 1 unspecified atom stereocenters. The van der Waals surface area contributed by atoms with Crippen LogP contribution in [0.2, 0.25) is 0 Å². The summed E-state index contributed by atoms with van der Waals surface area (Å²) in [6.45, 7) is 4.32. The lowest BCUT2D eigenvalue weighted by Crippen LogP contribution is -2.34. The van der Waals surface area contributed by atoms with E-state index in [1.54, 1.807) is 0 Å². The van der Waals surface area contributed by atoms with Gasteiger partial charge in [0.2, 0.25) is 0 Å². The van der Waals surface area contributed by atoms with Crippen molar-refractivity contribution in [1.29, 1.82) is 0 Å². The molecule has 140 valence electrons. The SMILES string of the molecule is CC1=CC2C=C(n3ccc(-c4ccncc4)c3-c3ccc(F)cc3)CCN2C1. The second-order valence-electron chi connectivity index (χ2n) is 7.57. The van der Waals surface area contributed by atoms with Crippen molar-refractivity contribution in [2.45, 2.75) is 19.4 Å². The van der Waals surface area contributed by atoms with Crippen LogP contribution in [0.5, 0.6) is 0 Å². The Labute approximate surface area is 164 Å². The van der Waals surface area contributed by atoms with Crippen molar-refractivity contribution in [3.8, 4) is 22.4 Å². The molecule has 2 aliphatic heterocycles. The van der Waals surface area contributed by atoms with Gasteiger partial charge in [0.15, 0.2) is 0 Å². The summed E-state index contributed by atoms with van der Waals surface area (Å²) in [5, 5.41) is 0. The summed E-state index contributed by atoms with van der Waals surface area (Å²) in [4.78, 5) is 6.65. The van der Waals surface area contributed by atoms with Crippen molar-refractivity contribution in [2.75, 3.05) is 13.1 Å². The largest absolute Gasteiger partial charge is 0.320 e. The van der Waals surface area contributed by atoms with E-state index in [0.717, 1.165) is 41.9 Å². The predicted octanol–water partition coefficient (Wildman–Crippen LogP) is 5.23. The number of halogens is 1. The topological polar surface area (TPSA) is 21.1 Å². The zero-order chi connectivity index (χ0) is 19.1. The average molecular weight is 371 g/mol. The van der Waals surface area contributed by atoms with Crippen molar-refractivity contribution >= 4 is 5.70 Å². The third kappa shape index (κ3) is 3.00. The molecule has 0 bridgehead atoms. The van der Waals surface area contributed by atoms with Crippen molar-refractivity contribution in [1.82, 2.24) is 14.5 Å². The van der Waals surface area contributed by atoms with Crippen LogP contribution < -0.4 is 0 Å². The van der Waals surface area contributed by atoms with E-state index in [4.69, 9.17) is 0 Å². The van der Waals surface area contributed by atoms with Gasteiger partial charge in [-0.2, -0.15) is 0 Å². The van der Waals surface area contributed by atoms with Gasteiger partial charge in [0.1, 0.15) is 5.82 Å². The number of aromatic nitrogens is 2. The van der Waals surface area contributed by atoms with E-state index in [1.807, 2.05) is 36.7 Å². The molecule has 1 aromatic carbocycles. The van der Waals surface area contributed by atoms with E-state index in [9.17, 15) is 4.39 Å². The zero-order valence-electron chi connectivity index (χ0n) is 15.8. The molecule has 5 rings (SSSR count). The maximum Gasteiger partial charge on any atom is 0.123 e. The Morgan fingerprint density at radius 2 is 1.75 bits per heavy atom. The fraction of sp³-hybridized carbons (Fsp3) is 0.208. The normalized spacial score (nSPS) is 19.3. The molecule has 1 atom stereocenters. The predicted molar refractivity (Wildman–Crippen MR) is 111 cm³/mol. The number of hydrogen-bond acceptors (Lipinski definition) is 2. The van der Waals surface area contributed by atoms with Crippen LogP contribution >= 0.6 is 0 Å². The first kappa shape index (κ1) is 17.1. The van der Waals surface area contributed by atoms with Gasteiger partial charge in [0.25, 0.3) is 0 Å². The Hall–Kier alpha value is -2.98. The quantitative estimate of drug-likeness (QED) is 0.588. The Morgan fingerprint density at radius 3 is 2.54 bits per heavy atom. The highest BCUT2D eigenvalue weighted by Crippen LogP contribution is 2.37. The van der Waals surface area contributed by atoms with Gasteiger partial charge in [-0.3, -0.25) is 9.88 Å². The molecule has 0 N–H and O–H groups in total. The van der Waals surface area contributed by atoms with Crippen LogP contribution in [0.15, 0.2) is 78.8 Å². The summed E-state index contributed by atoms with van der Waals surface area (Å²) in [7, 11) is 0. The van der Waals surface area contributed by atoms with Crippen LogP contribution in [0.1, 0.15) is 13.3 Å². The van der Waals surface area contributed by atoms with Crippen LogP contribution in [-0.2, 0) is 0 Å². The van der Waals surface area contributed by atoms with Crippen LogP contribution in [-0.4, -0.2) is 33.6 Å². The lowest BCUT2D eigenvalue weighted by Gasteiger charge is -2.29. The van der Waals surface area contributed by atoms with Gasteiger partial charge >= 0.3 is 0 Å². The first-order valence-electron chi connectivity index (χ1n) is 9.69. The maximum atomic E-state index is 13.6. The van der Waals surface area contributed by atoms with Crippen LogP contribution in [0.4, 0.5) is 4.39 Å². The van der Waals surface area contributed by atoms with Gasteiger partial charge in [-0.05, 0) is 66.6 Å². The van der Waals surface area contributed by atoms with Crippen molar-refractivity contribution in [2.24, 2.45) is 0 Å². The van der Waals surface area contributed by atoms with E-state index < -0.39 is 0 Å². The number of pyridine rings is 1. The Bertz CT molecular complexity index is 1060. The highest BCUT2D eigenvalue weighted by atomic mass is 19.1. The average Bonchev–Trinajstić information content (AvgIpc) is 3.31. The van der Waals surface area contributed by atoms with E-state index in [2.05, 4.69) is 45.8 Å². The minimum Gasteiger partial charge on any atom is -0.320 e. The molecule has 28 heavy (non-hydrogen) atoms. The minimum absolute atomic E-state index is 0.216. The number of benzene rings is 1. The fourth-order valence-corrected chi connectivity index (χ4v) is 4.33. The van der Waals surface area contributed by atoms with Gasteiger partial charge in [0, 0.05) is 55.4 Å². The summed E-state index contributed by atoms with van der Waals surface area (Å²) in [5.41, 5.74) is 7.10. The Kier molecular flexibility index (Phi) is 4.21. The first-order chi connectivity index (χ1) is 13.7. The monoisotopic (exact) mass is 371 g/mol. The fourth-order valence-electron chi connectivity index (χ4n) is 4.33. The maximum absolute atomic E-state index is 13.6. The molecule has 4 heterocycles. The lowest BCUT2D eigenvalue weighted by molar-refractivity contribution is 0.298. The molecular weight excluding hydrogens is 349 g/mol. The van der Waals surface area contributed by atoms with Crippen molar-refractivity contribution in [3.63, 3.8) is 0 Å². The summed E-state index contributed by atoms with van der Waals surface area (Å²) < 4.78 is 15.8. The molecule has 0 saturated carbocycles.